The number of benzene rings is 2. The van der Waals surface area contributed by atoms with Crippen LogP contribution in [0.3, 0.4) is 0 Å². The van der Waals surface area contributed by atoms with Crippen LogP contribution in [0.2, 0.25) is 10.0 Å². The Kier molecular flexibility index (Phi) is 3.76. The van der Waals surface area contributed by atoms with Gasteiger partial charge in [0, 0.05) is 16.2 Å². The van der Waals surface area contributed by atoms with Crippen LogP contribution >= 0.6 is 23.2 Å². The second kappa shape index (κ2) is 6.07. The Bertz CT molecular complexity index is 972. The minimum absolute atomic E-state index is 0.545. The van der Waals surface area contributed by atoms with Gasteiger partial charge >= 0.3 is 0 Å². The van der Waals surface area contributed by atoms with Gasteiger partial charge in [-0.2, -0.15) is 9.78 Å². The van der Waals surface area contributed by atoms with E-state index in [1.54, 1.807) is 33.8 Å². The van der Waals surface area contributed by atoms with Gasteiger partial charge in [-0.15, -0.1) is 5.10 Å². The van der Waals surface area contributed by atoms with Crippen LogP contribution in [0.1, 0.15) is 0 Å². The molecule has 0 fully saturated rings. The first kappa shape index (κ1) is 14.9. The number of tetrazole rings is 1. The van der Waals surface area contributed by atoms with E-state index in [9.17, 15) is 0 Å². The summed E-state index contributed by atoms with van der Waals surface area (Å²) in [6, 6.07) is 14.9. The van der Waals surface area contributed by atoms with Crippen molar-refractivity contribution in [2.24, 2.45) is 0 Å². The van der Waals surface area contributed by atoms with E-state index < -0.39 is 0 Å². The van der Waals surface area contributed by atoms with E-state index in [2.05, 4.69) is 20.6 Å². The Morgan fingerprint density at radius 2 is 1.62 bits per heavy atom. The first-order valence-electron chi connectivity index (χ1n) is 7.06. The standard InChI is InChI=1S/C16H10Cl2N6/c17-12-6-13(18)8-15(7-12)23-10-11(9-19-23)16-20-21-22-24(16)14-4-2-1-3-5-14/h1-10H. The van der Waals surface area contributed by atoms with Crippen molar-refractivity contribution in [1.82, 2.24) is 30.0 Å². The zero-order valence-electron chi connectivity index (χ0n) is 12.2. The quantitative estimate of drug-likeness (QED) is 0.559. The molecule has 0 aliphatic rings. The molecule has 4 aromatic rings. The average molecular weight is 357 g/mol. The Morgan fingerprint density at radius 1 is 0.875 bits per heavy atom. The fourth-order valence-corrected chi connectivity index (χ4v) is 2.88. The molecule has 24 heavy (non-hydrogen) atoms. The summed E-state index contributed by atoms with van der Waals surface area (Å²) < 4.78 is 3.34. The second-order valence-electron chi connectivity index (χ2n) is 5.05. The third-order valence-electron chi connectivity index (χ3n) is 3.42. The predicted octanol–water partition coefficient (Wildman–Crippen LogP) is 3.82. The van der Waals surface area contributed by atoms with Gasteiger partial charge in [-0.05, 0) is 40.8 Å². The summed E-state index contributed by atoms with van der Waals surface area (Å²) in [5, 5.41) is 17.4. The van der Waals surface area contributed by atoms with Gasteiger partial charge in [0.25, 0.3) is 0 Å². The Hall–Kier alpha value is -2.70. The first-order valence-corrected chi connectivity index (χ1v) is 7.81. The molecule has 0 bridgehead atoms. The largest absolute Gasteiger partial charge is 0.240 e. The van der Waals surface area contributed by atoms with Gasteiger partial charge in [0.2, 0.25) is 0 Å². The summed E-state index contributed by atoms with van der Waals surface area (Å²) in [5.41, 5.74) is 2.41. The van der Waals surface area contributed by atoms with Crippen molar-refractivity contribution in [2.45, 2.75) is 0 Å². The molecule has 2 heterocycles. The van der Waals surface area contributed by atoms with E-state index in [4.69, 9.17) is 23.2 Å². The van der Waals surface area contributed by atoms with E-state index in [0.29, 0.717) is 15.9 Å². The predicted molar refractivity (Wildman–Crippen MR) is 91.7 cm³/mol. The van der Waals surface area contributed by atoms with E-state index >= 15 is 0 Å². The van der Waals surface area contributed by atoms with Crippen LogP contribution in [-0.4, -0.2) is 30.0 Å². The molecule has 0 atom stereocenters. The number of hydrogen-bond acceptors (Lipinski definition) is 4. The summed E-state index contributed by atoms with van der Waals surface area (Å²) in [5.74, 6) is 0.598. The minimum Gasteiger partial charge on any atom is -0.240 e. The number of aromatic nitrogens is 6. The number of halogens is 2. The fraction of sp³-hybridized carbons (Fsp3) is 0. The zero-order valence-corrected chi connectivity index (χ0v) is 13.7. The summed E-state index contributed by atoms with van der Waals surface area (Å²) in [6.45, 7) is 0. The lowest BCUT2D eigenvalue weighted by molar-refractivity contribution is 0.791. The summed E-state index contributed by atoms with van der Waals surface area (Å²) in [7, 11) is 0. The van der Waals surface area contributed by atoms with Crippen molar-refractivity contribution >= 4 is 23.2 Å². The topological polar surface area (TPSA) is 61.4 Å². The molecule has 0 N–H and O–H groups in total. The molecule has 0 saturated heterocycles. The average Bonchev–Trinajstić information content (AvgIpc) is 3.24. The van der Waals surface area contributed by atoms with Crippen molar-refractivity contribution in [3.05, 3.63) is 71.0 Å². The molecule has 4 rings (SSSR count). The van der Waals surface area contributed by atoms with Crippen LogP contribution in [0.15, 0.2) is 60.9 Å². The molecular formula is C16H10Cl2N6. The molecule has 6 nitrogen and oxygen atoms in total. The van der Waals surface area contributed by atoms with Gasteiger partial charge in [-0.3, -0.25) is 0 Å². The van der Waals surface area contributed by atoms with Crippen molar-refractivity contribution < 1.29 is 0 Å². The number of para-hydroxylation sites is 1. The van der Waals surface area contributed by atoms with Crippen molar-refractivity contribution in [2.75, 3.05) is 0 Å². The van der Waals surface area contributed by atoms with Crippen LogP contribution < -0.4 is 0 Å². The highest BCUT2D eigenvalue weighted by Gasteiger charge is 2.13. The van der Waals surface area contributed by atoms with Crippen molar-refractivity contribution in [1.29, 1.82) is 0 Å². The monoisotopic (exact) mass is 356 g/mol. The van der Waals surface area contributed by atoms with Crippen LogP contribution in [0.4, 0.5) is 0 Å². The van der Waals surface area contributed by atoms with Gasteiger partial charge in [-0.25, -0.2) is 4.68 Å². The van der Waals surface area contributed by atoms with E-state index in [1.807, 2.05) is 36.5 Å². The number of nitrogens with zero attached hydrogens (tertiary/aromatic N) is 6. The summed E-state index contributed by atoms with van der Waals surface area (Å²) in [6.07, 6.45) is 3.52. The van der Waals surface area contributed by atoms with Crippen LogP contribution in [0.25, 0.3) is 22.8 Å². The van der Waals surface area contributed by atoms with E-state index in [-0.39, 0.29) is 0 Å². The fourth-order valence-electron chi connectivity index (χ4n) is 2.36. The van der Waals surface area contributed by atoms with E-state index in [0.717, 1.165) is 16.9 Å². The van der Waals surface area contributed by atoms with E-state index in [1.165, 1.54) is 0 Å². The zero-order chi connectivity index (χ0) is 16.5. The molecule has 0 radical (unpaired) electrons. The molecule has 2 aromatic heterocycles. The maximum atomic E-state index is 6.05. The molecule has 0 saturated carbocycles. The van der Waals surface area contributed by atoms with Crippen molar-refractivity contribution in [3.8, 4) is 22.8 Å². The smallest absolute Gasteiger partial charge is 0.190 e. The third kappa shape index (κ3) is 2.77. The lowest BCUT2D eigenvalue weighted by atomic mass is 10.3. The highest BCUT2D eigenvalue weighted by atomic mass is 35.5. The Balaban J connectivity index is 1.75. The van der Waals surface area contributed by atoms with Gasteiger partial charge < -0.3 is 0 Å². The first-order chi connectivity index (χ1) is 11.7. The summed E-state index contributed by atoms with van der Waals surface area (Å²) in [4.78, 5) is 0. The molecule has 118 valence electrons. The minimum atomic E-state index is 0.545. The Morgan fingerprint density at radius 3 is 2.38 bits per heavy atom. The molecule has 2 aromatic carbocycles. The molecule has 0 spiro atoms. The number of hydrogen-bond donors (Lipinski definition) is 0. The molecule has 8 heteroatoms. The molecule has 0 amide bonds. The molecule has 0 unspecified atom stereocenters. The van der Waals surface area contributed by atoms with Gasteiger partial charge in [0.1, 0.15) is 0 Å². The molecule has 0 aliphatic carbocycles. The lowest BCUT2D eigenvalue weighted by Gasteiger charge is -2.03. The SMILES string of the molecule is Clc1cc(Cl)cc(-n2cc(-c3nnnn3-c3ccccc3)cn2)c1. The van der Waals surface area contributed by atoms with Crippen molar-refractivity contribution in [3.63, 3.8) is 0 Å². The maximum Gasteiger partial charge on any atom is 0.190 e. The van der Waals surface area contributed by atoms with Gasteiger partial charge in [-0.1, -0.05) is 41.4 Å². The second-order valence-corrected chi connectivity index (χ2v) is 5.92. The normalized spacial score (nSPS) is 10.9. The maximum absolute atomic E-state index is 6.05. The van der Waals surface area contributed by atoms with Crippen LogP contribution in [0.5, 0.6) is 0 Å². The Labute approximate surface area is 147 Å². The summed E-state index contributed by atoms with van der Waals surface area (Å²) >= 11 is 12.1. The molecule has 0 aliphatic heterocycles. The van der Waals surface area contributed by atoms with Gasteiger partial charge in [0.05, 0.1) is 23.1 Å². The third-order valence-corrected chi connectivity index (χ3v) is 3.86. The van der Waals surface area contributed by atoms with Crippen LogP contribution in [-0.2, 0) is 0 Å². The highest BCUT2D eigenvalue weighted by Crippen LogP contribution is 2.24. The number of rotatable bonds is 3. The van der Waals surface area contributed by atoms with Gasteiger partial charge in [0.15, 0.2) is 5.82 Å². The lowest BCUT2D eigenvalue weighted by Crippen LogP contribution is -1.99. The highest BCUT2D eigenvalue weighted by molar-refractivity contribution is 6.34. The van der Waals surface area contributed by atoms with Crippen LogP contribution in [0, 0.1) is 0 Å². The molecular weight excluding hydrogens is 347 g/mol.